The lowest BCUT2D eigenvalue weighted by atomic mass is 10.0. The molecule has 1 N–H and O–H groups in total. The van der Waals surface area contributed by atoms with E-state index in [1.54, 1.807) is 10.9 Å². The van der Waals surface area contributed by atoms with Gasteiger partial charge in [-0.1, -0.05) is 42.8 Å². The molecule has 0 bridgehead atoms. The van der Waals surface area contributed by atoms with Crippen LogP contribution < -0.4 is 10.7 Å². The van der Waals surface area contributed by atoms with E-state index in [0.29, 0.717) is 6.54 Å². The van der Waals surface area contributed by atoms with Crippen LogP contribution in [0.1, 0.15) is 52.5 Å². The van der Waals surface area contributed by atoms with Gasteiger partial charge in [-0.25, -0.2) is 4.68 Å². The first-order valence-corrected chi connectivity index (χ1v) is 11.3. The molecule has 1 aliphatic heterocycles. The lowest BCUT2D eigenvalue weighted by Gasteiger charge is -2.35. The second kappa shape index (κ2) is 9.92. The SMILES string of the molecule is Cc1ccc(-n2ccc(=O)c(C(=O)NC[C@@H](c3ccccc3)N3CCCCC3)n2)cc1C. The number of nitrogens with zero attached hydrogens (tertiary/aromatic N) is 3. The minimum absolute atomic E-state index is 0.0751. The van der Waals surface area contributed by atoms with Crippen LogP contribution in [0.25, 0.3) is 5.69 Å². The molecule has 1 aliphatic rings. The number of rotatable bonds is 6. The van der Waals surface area contributed by atoms with E-state index in [-0.39, 0.29) is 17.2 Å². The quantitative estimate of drug-likeness (QED) is 0.646. The fraction of sp³-hybridized carbons (Fsp3) is 0.346. The van der Waals surface area contributed by atoms with Crippen LogP contribution in [0.3, 0.4) is 0 Å². The molecule has 6 heteroatoms. The number of benzene rings is 2. The van der Waals surface area contributed by atoms with Gasteiger partial charge in [0.15, 0.2) is 5.69 Å². The number of piperidine rings is 1. The molecule has 3 aromatic rings. The Hall–Kier alpha value is -3.25. The average Bonchev–Trinajstić information content (AvgIpc) is 2.82. The van der Waals surface area contributed by atoms with E-state index in [4.69, 9.17) is 0 Å². The molecule has 4 rings (SSSR count). The lowest BCUT2D eigenvalue weighted by Crippen LogP contribution is -2.41. The molecular weight excluding hydrogens is 400 g/mol. The fourth-order valence-electron chi connectivity index (χ4n) is 4.21. The van der Waals surface area contributed by atoms with Crippen molar-refractivity contribution in [2.24, 2.45) is 0 Å². The first kappa shape index (κ1) is 22.0. The maximum atomic E-state index is 13.0. The van der Waals surface area contributed by atoms with Crippen molar-refractivity contribution >= 4 is 5.91 Å². The summed E-state index contributed by atoms with van der Waals surface area (Å²) in [7, 11) is 0. The number of hydrogen-bond donors (Lipinski definition) is 1. The first-order valence-electron chi connectivity index (χ1n) is 11.3. The summed E-state index contributed by atoms with van der Waals surface area (Å²) in [6.45, 7) is 6.53. The molecule has 1 aromatic heterocycles. The van der Waals surface area contributed by atoms with Crippen molar-refractivity contribution in [2.75, 3.05) is 19.6 Å². The molecule has 1 saturated heterocycles. The number of hydrogen-bond acceptors (Lipinski definition) is 4. The number of likely N-dealkylation sites (tertiary alicyclic amines) is 1. The summed E-state index contributed by atoms with van der Waals surface area (Å²) < 4.78 is 1.59. The Morgan fingerprint density at radius 1 is 1.00 bits per heavy atom. The highest BCUT2D eigenvalue weighted by atomic mass is 16.2. The molecule has 0 saturated carbocycles. The minimum atomic E-state index is -0.439. The Kier molecular flexibility index (Phi) is 6.81. The van der Waals surface area contributed by atoms with Gasteiger partial charge in [0.05, 0.1) is 11.7 Å². The molecular formula is C26H30N4O2. The summed E-state index contributed by atoms with van der Waals surface area (Å²) in [6, 6.07) is 17.6. The Morgan fingerprint density at radius 2 is 1.75 bits per heavy atom. The zero-order valence-electron chi connectivity index (χ0n) is 18.8. The molecule has 6 nitrogen and oxygen atoms in total. The normalized spacial score (nSPS) is 15.3. The van der Waals surface area contributed by atoms with E-state index in [9.17, 15) is 9.59 Å². The highest BCUT2D eigenvalue weighted by Gasteiger charge is 2.24. The van der Waals surface area contributed by atoms with E-state index >= 15 is 0 Å². The monoisotopic (exact) mass is 430 g/mol. The number of carbonyl (C=O) groups excluding carboxylic acids is 1. The first-order chi connectivity index (χ1) is 15.5. The van der Waals surface area contributed by atoms with Crippen molar-refractivity contribution in [3.05, 3.63) is 93.4 Å². The van der Waals surface area contributed by atoms with Crippen LogP contribution in [0.15, 0.2) is 65.6 Å². The van der Waals surface area contributed by atoms with Crippen LogP contribution >= 0.6 is 0 Å². The van der Waals surface area contributed by atoms with Crippen molar-refractivity contribution in [1.82, 2.24) is 20.0 Å². The molecule has 0 spiro atoms. The van der Waals surface area contributed by atoms with Gasteiger partial charge < -0.3 is 5.32 Å². The van der Waals surface area contributed by atoms with Crippen molar-refractivity contribution in [2.45, 2.75) is 39.2 Å². The van der Waals surface area contributed by atoms with Crippen molar-refractivity contribution < 1.29 is 4.79 Å². The molecule has 2 aromatic carbocycles. The standard InChI is InChI=1S/C26H30N4O2/c1-19-11-12-22(17-20(19)2)30-16-13-24(31)25(28-30)26(32)27-18-23(21-9-5-3-6-10-21)29-14-7-4-8-15-29/h3,5-6,9-13,16-17,23H,4,7-8,14-15,18H2,1-2H3,(H,27,32)/t23-/m0/s1. The van der Waals surface area contributed by atoms with Gasteiger partial charge in [-0.05, 0) is 68.6 Å². The van der Waals surface area contributed by atoms with Gasteiger partial charge in [-0.15, -0.1) is 0 Å². The Bertz CT molecular complexity index is 1130. The van der Waals surface area contributed by atoms with E-state index in [1.165, 1.54) is 23.6 Å². The number of carbonyl (C=O) groups is 1. The van der Waals surface area contributed by atoms with Crippen LogP contribution in [-0.2, 0) is 0 Å². The second-order valence-corrected chi connectivity index (χ2v) is 8.47. The van der Waals surface area contributed by atoms with Crippen molar-refractivity contribution in [3.63, 3.8) is 0 Å². The van der Waals surface area contributed by atoms with Crippen molar-refractivity contribution in [1.29, 1.82) is 0 Å². The van der Waals surface area contributed by atoms with Crippen LogP contribution in [0.5, 0.6) is 0 Å². The predicted octanol–water partition coefficient (Wildman–Crippen LogP) is 3.81. The fourth-order valence-corrected chi connectivity index (χ4v) is 4.21. The van der Waals surface area contributed by atoms with Crippen LogP contribution in [0.2, 0.25) is 0 Å². The van der Waals surface area contributed by atoms with E-state index in [1.807, 2.05) is 50.2 Å². The average molecular weight is 431 g/mol. The smallest absolute Gasteiger partial charge is 0.275 e. The second-order valence-electron chi connectivity index (χ2n) is 8.47. The Labute approximate surface area is 188 Å². The predicted molar refractivity (Wildman–Crippen MR) is 126 cm³/mol. The topological polar surface area (TPSA) is 67.2 Å². The third-order valence-corrected chi connectivity index (χ3v) is 6.25. The van der Waals surface area contributed by atoms with Gasteiger partial charge in [0, 0.05) is 18.8 Å². The molecule has 0 unspecified atom stereocenters. The van der Waals surface area contributed by atoms with E-state index in [2.05, 4.69) is 27.4 Å². The van der Waals surface area contributed by atoms with E-state index in [0.717, 1.165) is 37.2 Å². The molecule has 1 fully saturated rings. The third-order valence-electron chi connectivity index (χ3n) is 6.25. The van der Waals surface area contributed by atoms with Gasteiger partial charge in [0.2, 0.25) is 5.43 Å². The highest BCUT2D eigenvalue weighted by molar-refractivity contribution is 5.92. The molecule has 0 radical (unpaired) electrons. The van der Waals surface area contributed by atoms with Gasteiger partial charge in [0.1, 0.15) is 0 Å². The number of aromatic nitrogens is 2. The van der Waals surface area contributed by atoms with Gasteiger partial charge >= 0.3 is 0 Å². The molecule has 0 aliphatic carbocycles. The molecule has 2 heterocycles. The summed E-state index contributed by atoms with van der Waals surface area (Å²) in [5.41, 5.74) is 3.83. The van der Waals surface area contributed by atoms with Crippen LogP contribution in [0, 0.1) is 13.8 Å². The number of amides is 1. The summed E-state index contributed by atoms with van der Waals surface area (Å²) in [5, 5.41) is 7.33. The number of aryl methyl sites for hydroxylation is 2. The van der Waals surface area contributed by atoms with Gasteiger partial charge in [0.25, 0.3) is 5.91 Å². The number of nitrogens with one attached hydrogen (secondary N) is 1. The Balaban J connectivity index is 1.54. The molecule has 166 valence electrons. The zero-order valence-corrected chi connectivity index (χ0v) is 18.8. The van der Waals surface area contributed by atoms with Crippen LogP contribution in [0.4, 0.5) is 0 Å². The zero-order chi connectivity index (χ0) is 22.5. The van der Waals surface area contributed by atoms with Gasteiger partial charge in [-0.3, -0.25) is 14.5 Å². The highest BCUT2D eigenvalue weighted by Crippen LogP contribution is 2.24. The lowest BCUT2D eigenvalue weighted by molar-refractivity contribution is 0.0916. The largest absolute Gasteiger partial charge is 0.349 e. The van der Waals surface area contributed by atoms with Crippen molar-refractivity contribution in [3.8, 4) is 5.69 Å². The maximum Gasteiger partial charge on any atom is 0.275 e. The van der Waals surface area contributed by atoms with Crippen LogP contribution in [-0.4, -0.2) is 40.2 Å². The molecule has 1 amide bonds. The summed E-state index contributed by atoms with van der Waals surface area (Å²) >= 11 is 0. The van der Waals surface area contributed by atoms with Gasteiger partial charge in [-0.2, -0.15) is 5.10 Å². The third kappa shape index (κ3) is 4.97. The minimum Gasteiger partial charge on any atom is -0.349 e. The molecule has 32 heavy (non-hydrogen) atoms. The van der Waals surface area contributed by atoms with E-state index < -0.39 is 5.91 Å². The molecule has 1 atom stereocenters. The summed E-state index contributed by atoms with van der Waals surface area (Å²) in [4.78, 5) is 27.8. The summed E-state index contributed by atoms with van der Waals surface area (Å²) in [6.07, 6.45) is 5.18. The summed E-state index contributed by atoms with van der Waals surface area (Å²) in [5.74, 6) is -0.439. The Morgan fingerprint density at radius 3 is 2.47 bits per heavy atom. The maximum absolute atomic E-state index is 13.0.